The molecule has 3 nitrogen and oxygen atoms in total. The van der Waals surface area contributed by atoms with Crippen molar-refractivity contribution in [2.75, 3.05) is 18.4 Å². The molecular weight excluding hydrogens is 341 g/mol. The van der Waals surface area contributed by atoms with Crippen molar-refractivity contribution in [1.29, 1.82) is 0 Å². The maximum absolute atomic E-state index is 13.1. The van der Waals surface area contributed by atoms with Crippen molar-refractivity contribution < 1.29 is 18.0 Å². The average molecular weight is 363 g/mol. The summed E-state index contributed by atoms with van der Waals surface area (Å²) >= 11 is 5.66. The number of nitrogens with zero attached hydrogens (tertiary/aromatic N) is 1. The van der Waals surface area contributed by atoms with Gasteiger partial charge in [-0.3, -0.25) is 9.69 Å². The highest BCUT2D eigenvalue weighted by molar-refractivity contribution is 6.30. The zero-order chi connectivity index (χ0) is 17.7. The van der Waals surface area contributed by atoms with Gasteiger partial charge in [-0.05, 0) is 51.1 Å². The van der Waals surface area contributed by atoms with Gasteiger partial charge in [0.2, 0.25) is 5.91 Å². The van der Waals surface area contributed by atoms with Crippen LogP contribution in [0.2, 0.25) is 5.02 Å². The van der Waals surface area contributed by atoms with Crippen molar-refractivity contribution >= 4 is 23.2 Å². The van der Waals surface area contributed by atoms with E-state index in [0.29, 0.717) is 0 Å². The van der Waals surface area contributed by atoms with Gasteiger partial charge in [-0.1, -0.05) is 30.9 Å². The van der Waals surface area contributed by atoms with E-state index in [2.05, 4.69) is 5.32 Å². The van der Waals surface area contributed by atoms with Gasteiger partial charge in [0.05, 0.1) is 17.3 Å². The number of hydrogen-bond acceptors (Lipinski definition) is 2. The van der Waals surface area contributed by atoms with Gasteiger partial charge < -0.3 is 5.32 Å². The van der Waals surface area contributed by atoms with Crippen molar-refractivity contribution in [2.24, 2.45) is 0 Å². The van der Waals surface area contributed by atoms with Crippen molar-refractivity contribution in [3.05, 3.63) is 28.8 Å². The molecule has 1 saturated heterocycles. The molecule has 0 bridgehead atoms. The Morgan fingerprint density at radius 1 is 1.17 bits per heavy atom. The number of rotatable bonds is 3. The molecular formula is C17H22ClF3N2O. The molecule has 0 unspecified atom stereocenters. The molecule has 0 aliphatic carbocycles. The Morgan fingerprint density at radius 2 is 1.75 bits per heavy atom. The van der Waals surface area contributed by atoms with E-state index in [1.807, 2.05) is 4.90 Å². The summed E-state index contributed by atoms with van der Waals surface area (Å²) in [6.07, 6.45) is 0.893. The fourth-order valence-electron chi connectivity index (χ4n) is 2.92. The number of amides is 1. The second-order valence-electron chi connectivity index (χ2n) is 6.16. The van der Waals surface area contributed by atoms with Gasteiger partial charge in [-0.15, -0.1) is 0 Å². The molecule has 1 atom stereocenters. The summed E-state index contributed by atoms with van der Waals surface area (Å²) in [5.74, 6) is -0.427. The largest absolute Gasteiger partial charge is 0.418 e. The van der Waals surface area contributed by atoms with Gasteiger partial charge in [-0.2, -0.15) is 13.2 Å². The lowest BCUT2D eigenvalue weighted by atomic mass is 10.1. The summed E-state index contributed by atoms with van der Waals surface area (Å²) in [6, 6.07) is 2.90. The summed E-state index contributed by atoms with van der Waals surface area (Å²) in [5, 5.41) is 2.40. The number of nitrogens with one attached hydrogen (secondary N) is 1. The summed E-state index contributed by atoms with van der Waals surface area (Å²) in [4.78, 5) is 14.5. The molecule has 1 heterocycles. The van der Waals surface area contributed by atoms with Crippen LogP contribution in [-0.4, -0.2) is 29.9 Å². The molecule has 0 radical (unpaired) electrons. The van der Waals surface area contributed by atoms with Gasteiger partial charge in [0.15, 0.2) is 0 Å². The minimum atomic E-state index is -4.57. The molecule has 2 rings (SSSR count). The second-order valence-corrected chi connectivity index (χ2v) is 6.59. The average Bonchev–Trinajstić information content (AvgIpc) is 2.47. The molecule has 1 amide bonds. The van der Waals surface area contributed by atoms with Gasteiger partial charge in [0, 0.05) is 5.02 Å². The lowest BCUT2D eigenvalue weighted by molar-refractivity contribution is -0.137. The van der Waals surface area contributed by atoms with Gasteiger partial charge in [0.1, 0.15) is 0 Å². The first kappa shape index (κ1) is 19.1. The normalized spacial score (nSPS) is 18.5. The van der Waals surface area contributed by atoms with Crippen LogP contribution in [0.1, 0.15) is 44.6 Å². The number of likely N-dealkylation sites (tertiary alicyclic amines) is 1. The van der Waals surface area contributed by atoms with E-state index in [0.717, 1.165) is 44.8 Å². The molecule has 0 spiro atoms. The van der Waals surface area contributed by atoms with Crippen LogP contribution in [-0.2, 0) is 11.0 Å². The first-order chi connectivity index (χ1) is 11.3. The van der Waals surface area contributed by atoms with Crippen molar-refractivity contribution in [1.82, 2.24) is 4.90 Å². The second kappa shape index (κ2) is 8.21. The van der Waals surface area contributed by atoms with Crippen LogP contribution in [0.25, 0.3) is 0 Å². The van der Waals surface area contributed by atoms with E-state index < -0.39 is 23.7 Å². The monoisotopic (exact) mass is 362 g/mol. The lowest BCUT2D eigenvalue weighted by Crippen LogP contribution is -2.43. The fourth-order valence-corrected chi connectivity index (χ4v) is 3.09. The smallest absolute Gasteiger partial charge is 0.324 e. The van der Waals surface area contributed by atoms with Crippen LogP contribution in [0.15, 0.2) is 18.2 Å². The summed E-state index contributed by atoms with van der Waals surface area (Å²) < 4.78 is 39.3. The number of hydrogen-bond donors (Lipinski definition) is 1. The number of carbonyl (C=O) groups is 1. The Balaban J connectivity index is 2.11. The summed E-state index contributed by atoms with van der Waals surface area (Å²) in [6.45, 7) is 3.32. The molecule has 0 saturated carbocycles. The zero-order valence-corrected chi connectivity index (χ0v) is 14.4. The lowest BCUT2D eigenvalue weighted by Gasteiger charge is -2.30. The van der Waals surface area contributed by atoms with E-state index in [1.165, 1.54) is 18.6 Å². The maximum atomic E-state index is 13.1. The fraction of sp³-hybridized carbons (Fsp3) is 0.588. The Labute approximate surface area is 145 Å². The van der Waals surface area contributed by atoms with Crippen LogP contribution in [0.3, 0.4) is 0 Å². The molecule has 1 fully saturated rings. The molecule has 1 N–H and O–H groups in total. The van der Waals surface area contributed by atoms with Crippen molar-refractivity contribution in [2.45, 2.75) is 51.2 Å². The van der Waals surface area contributed by atoms with Gasteiger partial charge >= 0.3 is 6.18 Å². The van der Waals surface area contributed by atoms with Crippen LogP contribution in [0.5, 0.6) is 0 Å². The zero-order valence-electron chi connectivity index (χ0n) is 13.6. The highest BCUT2D eigenvalue weighted by atomic mass is 35.5. The molecule has 1 aliphatic heterocycles. The number of benzene rings is 1. The number of halogens is 4. The van der Waals surface area contributed by atoms with Crippen LogP contribution >= 0.6 is 11.6 Å². The maximum Gasteiger partial charge on any atom is 0.418 e. The van der Waals surface area contributed by atoms with E-state index in [-0.39, 0.29) is 10.7 Å². The van der Waals surface area contributed by atoms with Crippen molar-refractivity contribution in [3.63, 3.8) is 0 Å². The third-order valence-corrected chi connectivity index (χ3v) is 4.60. The van der Waals surface area contributed by atoms with E-state index >= 15 is 0 Å². The summed E-state index contributed by atoms with van der Waals surface area (Å²) in [7, 11) is 0. The predicted octanol–water partition coefficient (Wildman–Crippen LogP) is 4.95. The minimum absolute atomic E-state index is 0.0165. The van der Waals surface area contributed by atoms with Crippen LogP contribution < -0.4 is 5.32 Å². The minimum Gasteiger partial charge on any atom is -0.324 e. The molecule has 24 heavy (non-hydrogen) atoms. The van der Waals surface area contributed by atoms with Crippen LogP contribution in [0, 0.1) is 0 Å². The first-order valence-electron chi connectivity index (χ1n) is 8.20. The number of carbonyl (C=O) groups excluding carboxylic acids is 1. The van der Waals surface area contributed by atoms with E-state index in [9.17, 15) is 18.0 Å². The van der Waals surface area contributed by atoms with Gasteiger partial charge in [-0.25, -0.2) is 0 Å². The number of anilines is 1. The van der Waals surface area contributed by atoms with E-state index in [1.54, 1.807) is 6.92 Å². The highest BCUT2D eigenvalue weighted by Gasteiger charge is 2.34. The molecule has 0 aromatic heterocycles. The first-order valence-corrected chi connectivity index (χ1v) is 8.58. The molecule has 134 valence electrons. The standard InChI is InChI=1S/C17H22ClF3N2O/c1-12(23-9-5-3-2-4-6-10-23)16(24)22-15-8-7-13(18)11-14(15)17(19,20)21/h7-8,11-12H,2-6,9-10H2,1H3,(H,22,24)/t12-/m0/s1. The Morgan fingerprint density at radius 3 is 2.33 bits per heavy atom. The SMILES string of the molecule is C[C@@H](C(=O)Nc1ccc(Cl)cc1C(F)(F)F)N1CCCCCCC1. The molecule has 1 aromatic carbocycles. The summed E-state index contributed by atoms with van der Waals surface area (Å²) in [5.41, 5.74) is -1.18. The third kappa shape index (κ3) is 5.11. The Hall–Kier alpha value is -1.27. The molecule has 7 heteroatoms. The Bertz CT molecular complexity index is 569. The van der Waals surface area contributed by atoms with Crippen LogP contribution in [0.4, 0.5) is 18.9 Å². The quantitative estimate of drug-likeness (QED) is 0.824. The van der Waals surface area contributed by atoms with E-state index in [4.69, 9.17) is 11.6 Å². The molecule has 1 aliphatic rings. The number of alkyl halides is 3. The third-order valence-electron chi connectivity index (χ3n) is 4.36. The Kier molecular flexibility index (Phi) is 6.52. The molecule has 1 aromatic rings. The topological polar surface area (TPSA) is 32.3 Å². The van der Waals surface area contributed by atoms with Gasteiger partial charge in [0.25, 0.3) is 0 Å². The highest BCUT2D eigenvalue weighted by Crippen LogP contribution is 2.36. The predicted molar refractivity (Wildman–Crippen MR) is 89.2 cm³/mol. The van der Waals surface area contributed by atoms with Crippen molar-refractivity contribution in [3.8, 4) is 0 Å².